The molecule has 3 heteroatoms. The van der Waals surface area contributed by atoms with Gasteiger partial charge in [0.25, 0.3) is 0 Å². The summed E-state index contributed by atoms with van der Waals surface area (Å²) in [5.74, 6) is 2.46. The van der Waals surface area contributed by atoms with E-state index in [2.05, 4.69) is 60.2 Å². The van der Waals surface area contributed by atoms with Gasteiger partial charge in [-0.15, -0.1) is 0 Å². The second-order valence-corrected chi connectivity index (χ2v) is 7.16. The molecule has 1 fully saturated rings. The van der Waals surface area contributed by atoms with Crippen molar-refractivity contribution in [1.82, 2.24) is 4.98 Å². The van der Waals surface area contributed by atoms with E-state index in [-0.39, 0.29) is 0 Å². The highest BCUT2D eigenvalue weighted by molar-refractivity contribution is 7.99. The predicted octanol–water partition coefficient (Wildman–Crippen LogP) is 4.18. The molecule has 19 heavy (non-hydrogen) atoms. The second-order valence-electron chi connectivity index (χ2n) is 6.13. The van der Waals surface area contributed by atoms with Crippen molar-refractivity contribution in [2.24, 2.45) is 5.41 Å². The standard InChI is InChI=1S/C16H20N2S/c1-16(2)8-13(10-19-11-16)18-15-5-3-4-12-6-7-17-9-14(12)15/h3-7,9,13,18H,8,10-11H2,1-2H3. The molecule has 1 aromatic carbocycles. The van der Waals surface area contributed by atoms with E-state index in [9.17, 15) is 0 Å². The summed E-state index contributed by atoms with van der Waals surface area (Å²) in [5.41, 5.74) is 1.65. The summed E-state index contributed by atoms with van der Waals surface area (Å²) in [6, 6.07) is 9.05. The number of hydrogen-bond acceptors (Lipinski definition) is 3. The molecule has 0 aliphatic carbocycles. The van der Waals surface area contributed by atoms with Crippen LogP contribution in [-0.2, 0) is 0 Å². The third-order valence-corrected chi connectivity index (χ3v) is 5.28. The average Bonchev–Trinajstić information content (AvgIpc) is 2.38. The van der Waals surface area contributed by atoms with Gasteiger partial charge in [0.1, 0.15) is 0 Å². The quantitative estimate of drug-likeness (QED) is 0.888. The van der Waals surface area contributed by atoms with Gasteiger partial charge in [0.15, 0.2) is 0 Å². The molecule has 0 radical (unpaired) electrons. The maximum Gasteiger partial charge on any atom is 0.0437 e. The van der Waals surface area contributed by atoms with Gasteiger partial charge in [-0.1, -0.05) is 26.0 Å². The fourth-order valence-corrected chi connectivity index (χ4v) is 4.09. The lowest BCUT2D eigenvalue weighted by molar-refractivity contribution is 0.358. The lowest BCUT2D eigenvalue weighted by atomic mass is 9.87. The third kappa shape index (κ3) is 2.86. The first kappa shape index (κ1) is 12.8. The number of benzene rings is 1. The lowest BCUT2D eigenvalue weighted by Crippen LogP contribution is -2.35. The van der Waals surface area contributed by atoms with E-state index in [4.69, 9.17) is 0 Å². The Morgan fingerprint density at radius 3 is 3.05 bits per heavy atom. The van der Waals surface area contributed by atoms with Gasteiger partial charge in [-0.3, -0.25) is 4.98 Å². The molecular formula is C16H20N2S. The Bertz CT molecular complexity index is 574. The van der Waals surface area contributed by atoms with Crippen LogP contribution in [0, 0.1) is 5.41 Å². The van der Waals surface area contributed by atoms with E-state index < -0.39 is 0 Å². The number of thioether (sulfide) groups is 1. The normalized spacial score (nSPS) is 22.3. The highest BCUT2D eigenvalue weighted by atomic mass is 32.2. The zero-order valence-corrected chi connectivity index (χ0v) is 12.3. The van der Waals surface area contributed by atoms with Crippen LogP contribution in [0.25, 0.3) is 10.8 Å². The maximum atomic E-state index is 4.25. The molecule has 1 unspecified atom stereocenters. The Kier molecular flexibility index (Phi) is 3.40. The maximum absolute atomic E-state index is 4.25. The summed E-state index contributed by atoms with van der Waals surface area (Å²) in [4.78, 5) is 4.25. The zero-order valence-electron chi connectivity index (χ0n) is 11.5. The summed E-state index contributed by atoms with van der Waals surface area (Å²) in [5, 5.41) is 6.19. The van der Waals surface area contributed by atoms with Crippen molar-refractivity contribution in [2.45, 2.75) is 26.3 Å². The fourth-order valence-electron chi connectivity index (χ4n) is 2.81. The van der Waals surface area contributed by atoms with Crippen LogP contribution in [0.2, 0.25) is 0 Å². The summed E-state index contributed by atoms with van der Waals surface area (Å²) in [7, 11) is 0. The largest absolute Gasteiger partial charge is 0.381 e. The van der Waals surface area contributed by atoms with Gasteiger partial charge in [-0.05, 0) is 35.1 Å². The molecule has 1 aliphatic heterocycles. The van der Waals surface area contributed by atoms with E-state index in [1.165, 1.54) is 34.4 Å². The van der Waals surface area contributed by atoms with Crippen molar-refractivity contribution in [3.8, 4) is 0 Å². The van der Waals surface area contributed by atoms with Crippen LogP contribution in [-0.4, -0.2) is 22.5 Å². The van der Waals surface area contributed by atoms with Crippen LogP contribution in [0.4, 0.5) is 5.69 Å². The fraction of sp³-hybridized carbons (Fsp3) is 0.438. The van der Waals surface area contributed by atoms with Crippen LogP contribution in [0.1, 0.15) is 20.3 Å². The molecule has 1 aromatic heterocycles. The molecule has 1 saturated heterocycles. The van der Waals surface area contributed by atoms with Gasteiger partial charge in [0, 0.05) is 35.3 Å². The van der Waals surface area contributed by atoms with Gasteiger partial charge in [0.05, 0.1) is 0 Å². The molecule has 0 saturated carbocycles. The van der Waals surface area contributed by atoms with Crippen LogP contribution >= 0.6 is 11.8 Å². The summed E-state index contributed by atoms with van der Waals surface area (Å²) >= 11 is 2.06. The molecule has 2 nitrogen and oxygen atoms in total. The number of aromatic nitrogens is 1. The minimum atomic E-state index is 0.434. The van der Waals surface area contributed by atoms with Crippen molar-refractivity contribution in [2.75, 3.05) is 16.8 Å². The Hall–Kier alpha value is -1.22. The summed E-state index contributed by atoms with van der Waals surface area (Å²) in [6.07, 6.45) is 5.04. The number of hydrogen-bond donors (Lipinski definition) is 1. The van der Waals surface area contributed by atoms with Gasteiger partial charge >= 0.3 is 0 Å². The molecule has 100 valence electrons. The molecule has 2 heterocycles. The van der Waals surface area contributed by atoms with Crippen molar-refractivity contribution in [3.63, 3.8) is 0 Å². The molecule has 0 bridgehead atoms. The van der Waals surface area contributed by atoms with Crippen molar-refractivity contribution < 1.29 is 0 Å². The molecule has 0 spiro atoms. The molecule has 3 rings (SSSR count). The average molecular weight is 272 g/mol. The Labute approximate surface area is 119 Å². The molecule has 2 aromatic rings. The number of pyridine rings is 1. The minimum Gasteiger partial charge on any atom is -0.381 e. The van der Waals surface area contributed by atoms with Crippen molar-refractivity contribution in [1.29, 1.82) is 0 Å². The summed E-state index contributed by atoms with van der Waals surface area (Å²) in [6.45, 7) is 4.72. The SMILES string of the molecule is CC1(C)CSCC(Nc2cccc3ccncc23)C1. The van der Waals surface area contributed by atoms with Gasteiger partial charge in [0.2, 0.25) is 0 Å². The number of fused-ring (bicyclic) bond motifs is 1. The monoisotopic (exact) mass is 272 g/mol. The van der Waals surface area contributed by atoms with Crippen LogP contribution in [0.3, 0.4) is 0 Å². The first-order valence-corrected chi connectivity index (χ1v) is 7.97. The topological polar surface area (TPSA) is 24.9 Å². The van der Waals surface area contributed by atoms with E-state index in [1.54, 1.807) is 0 Å². The predicted molar refractivity (Wildman–Crippen MR) is 84.9 cm³/mol. The first-order valence-electron chi connectivity index (χ1n) is 6.81. The van der Waals surface area contributed by atoms with Crippen LogP contribution in [0.5, 0.6) is 0 Å². The number of nitrogens with zero attached hydrogens (tertiary/aromatic N) is 1. The van der Waals surface area contributed by atoms with E-state index in [1.807, 2.05) is 12.4 Å². The molecular weight excluding hydrogens is 252 g/mol. The highest BCUT2D eigenvalue weighted by Crippen LogP contribution is 2.35. The number of anilines is 1. The Morgan fingerprint density at radius 1 is 1.32 bits per heavy atom. The van der Waals surface area contributed by atoms with Gasteiger partial charge < -0.3 is 5.32 Å². The Balaban J connectivity index is 1.85. The van der Waals surface area contributed by atoms with Gasteiger partial charge in [-0.2, -0.15) is 11.8 Å². The Morgan fingerprint density at radius 2 is 2.21 bits per heavy atom. The molecule has 1 N–H and O–H groups in total. The van der Waals surface area contributed by atoms with Crippen molar-refractivity contribution in [3.05, 3.63) is 36.7 Å². The van der Waals surface area contributed by atoms with Crippen molar-refractivity contribution >= 4 is 28.2 Å². The number of nitrogens with one attached hydrogen (secondary N) is 1. The number of rotatable bonds is 2. The minimum absolute atomic E-state index is 0.434. The van der Waals surface area contributed by atoms with E-state index in [0.717, 1.165) is 0 Å². The summed E-state index contributed by atoms with van der Waals surface area (Å²) < 4.78 is 0. The highest BCUT2D eigenvalue weighted by Gasteiger charge is 2.28. The molecule has 1 atom stereocenters. The van der Waals surface area contributed by atoms with Gasteiger partial charge in [-0.25, -0.2) is 0 Å². The van der Waals surface area contributed by atoms with Crippen LogP contribution < -0.4 is 5.32 Å². The van der Waals surface area contributed by atoms with E-state index >= 15 is 0 Å². The molecule has 1 aliphatic rings. The first-order chi connectivity index (χ1) is 9.14. The smallest absolute Gasteiger partial charge is 0.0437 e. The third-order valence-electron chi connectivity index (χ3n) is 3.65. The zero-order chi connectivity index (χ0) is 13.3. The van der Waals surface area contributed by atoms with E-state index in [0.29, 0.717) is 11.5 Å². The second kappa shape index (κ2) is 5.04. The lowest BCUT2D eigenvalue weighted by Gasteiger charge is -2.35. The molecule has 0 amide bonds. The van der Waals surface area contributed by atoms with Crippen LogP contribution in [0.15, 0.2) is 36.7 Å².